The second-order valence-corrected chi connectivity index (χ2v) is 6.48. The molecule has 2 amide bonds. The molecule has 1 fully saturated rings. The number of para-hydroxylation sites is 1. The van der Waals surface area contributed by atoms with Gasteiger partial charge in [-0.1, -0.05) is 18.2 Å². The minimum Gasteiger partial charge on any atom is -0.441 e. The Balaban J connectivity index is 1.96. The van der Waals surface area contributed by atoms with Crippen LogP contribution < -0.4 is 15.1 Å². The maximum absolute atomic E-state index is 13.0. The Hall–Kier alpha value is -2.93. The van der Waals surface area contributed by atoms with Crippen LogP contribution in [0.3, 0.4) is 0 Å². The number of hydrogen-bond donors (Lipinski definition) is 1. The fraction of sp³-hybridized carbons (Fsp3) is 0.250. The van der Waals surface area contributed by atoms with Crippen molar-refractivity contribution in [3.8, 4) is 0 Å². The molecule has 0 aliphatic carbocycles. The molecule has 2 aromatic rings. The topological polar surface area (TPSA) is 65.8 Å². The van der Waals surface area contributed by atoms with Crippen molar-refractivity contribution in [2.24, 2.45) is 0 Å². The molecule has 0 spiro atoms. The van der Waals surface area contributed by atoms with E-state index >= 15 is 0 Å². The molecule has 1 aliphatic rings. The Morgan fingerprint density at radius 3 is 2.52 bits per heavy atom. The van der Waals surface area contributed by atoms with Crippen molar-refractivity contribution < 1.29 is 14.0 Å². The summed E-state index contributed by atoms with van der Waals surface area (Å²) in [5.74, 6) is 0.129. The van der Waals surface area contributed by atoms with E-state index in [1.165, 1.54) is 11.0 Å². The van der Waals surface area contributed by atoms with Crippen LogP contribution in [0.25, 0.3) is 6.08 Å². The molecule has 1 aromatic heterocycles. The molecule has 0 unspecified atom stereocenters. The monoisotopic (exact) mass is 383 g/mol. The lowest BCUT2D eigenvalue weighted by Gasteiger charge is -2.29. The molecule has 140 valence electrons. The van der Waals surface area contributed by atoms with E-state index in [4.69, 9.17) is 16.6 Å². The molecule has 3 rings (SSSR count). The Morgan fingerprint density at radius 1 is 1.15 bits per heavy atom. The van der Waals surface area contributed by atoms with Crippen molar-refractivity contribution in [2.75, 3.05) is 22.9 Å². The summed E-state index contributed by atoms with van der Waals surface area (Å²) in [6.07, 6.45) is 1.46. The van der Waals surface area contributed by atoms with Crippen LogP contribution in [-0.4, -0.2) is 30.0 Å². The molecule has 6 nitrogen and oxygen atoms in total. The third kappa shape index (κ3) is 3.64. The zero-order valence-electron chi connectivity index (χ0n) is 15.5. The van der Waals surface area contributed by atoms with Crippen LogP contribution in [-0.2, 0) is 9.59 Å². The van der Waals surface area contributed by atoms with Gasteiger partial charge in [0.2, 0.25) is 0 Å². The van der Waals surface area contributed by atoms with Crippen molar-refractivity contribution >= 4 is 46.8 Å². The number of aryl methyl sites for hydroxylation is 1. The van der Waals surface area contributed by atoms with Crippen molar-refractivity contribution in [3.63, 3.8) is 0 Å². The molecule has 0 atom stereocenters. The van der Waals surface area contributed by atoms with E-state index in [1.54, 1.807) is 12.1 Å². The van der Waals surface area contributed by atoms with Gasteiger partial charge in [-0.2, -0.15) is 0 Å². The molecule has 1 aromatic carbocycles. The first kappa shape index (κ1) is 18.8. The predicted molar refractivity (Wildman–Crippen MR) is 110 cm³/mol. The van der Waals surface area contributed by atoms with Crippen LogP contribution in [0.1, 0.15) is 25.2 Å². The minimum atomic E-state index is -0.532. The molecule has 1 N–H and O–H groups in total. The SMILES string of the molecule is CCN(CC)c1ccc(/C=C2/C(=O)NC(=S)N(c3ccccc3C)C2=O)o1. The number of benzene rings is 1. The van der Waals surface area contributed by atoms with Crippen molar-refractivity contribution in [2.45, 2.75) is 20.8 Å². The number of hydrogen-bond acceptors (Lipinski definition) is 5. The van der Waals surface area contributed by atoms with Crippen LogP contribution in [0.2, 0.25) is 0 Å². The highest BCUT2D eigenvalue weighted by Gasteiger charge is 2.35. The van der Waals surface area contributed by atoms with Crippen LogP contribution in [0, 0.1) is 6.92 Å². The molecule has 0 radical (unpaired) electrons. The van der Waals surface area contributed by atoms with Gasteiger partial charge in [0.1, 0.15) is 11.3 Å². The average molecular weight is 383 g/mol. The maximum atomic E-state index is 13.0. The smallest absolute Gasteiger partial charge is 0.270 e. The first-order valence-electron chi connectivity index (χ1n) is 8.78. The summed E-state index contributed by atoms with van der Waals surface area (Å²) in [6.45, 7) is 7.55. The minimum absolute atomic E-state index is 0.0210. The number of thiocarbonyl (C=S) groups is 1. The summed E-state index contributed by atoms with van der Waals surface area (Å²) in [7, 11) is 0. The Morgan fingerprint density at radius 2 is 1.85 bits per heavy atom. The second-order valence-electron chi connectivity index (χ2n) is 6.09. The second kappa shape index (κ2) is 7.75. The Kier molecular flexibility index (Phi) is 5.41. The van der Waals surface area contributed by atoms with E-state index in [-0.39, 0.29) is 10.7 Å². The third-order valence-corrected chi connectivity index (χ3v) is 4.72. The molecule has 27 heavy (non-hydrogen) atoms. The fourth-order valence-electron chi connectivity index (χ4n) is 2.96. The average Bonchev–Trinajstić information content (AvgIpc) is 3.09. The standard InChI is InChI=1S/C20H21N3O3S/c1-4-22(5-2)17-11-10-14(26-17)12-15-18(24)21-20(27)23(19(15)25)16-9-7-6-8-13(16)3/h6-12H,4-5H2,1-3H3,(H,21,24,27)/b15-12-. The van der Waals surface area contributed by atoms with Crippen LogP contribution in [0.4, 0.5) is 11.6 Å². The van der Waals surface area contributed by atoms with E-state index < -0.39 is 11.8 Å². The van der Waals surface area contributed by atoms with Gasteiger partial charge in [0.25, 0.3) is 11.8 Å². The van der Waals surface area contributed by atoms with Gasteiger partial charge in [-0.15, -0.1) is 0 Å². The lowest BCUT2D eigenvalue weighted by atomic mass is 10.1. The van der Waals surface area contributed by atoms with E-state index in [0.717, 1.165) is 18.7 Å². The number of nitrogens with zero attached hydrogens (tertiary/aromatic N) is 2. The summed E-state index contributed by atoms with van der Waals surface area (Å²) in [5.41, 5.74) is 1.50. The van der Waals surface area contributed by atoms with Crippen molar-refractivity contribution in [1.82, 2.24) is 5.32 Å². The van der Waals surface area contributed by atoms with Crippen LogP contribution in [0.15, 0.2) is 46.4 Å². The van der Waals surface area contributed by atoms with Gasteiger partial charge in [0.05, 0.1) is 5.69 Å². The fourth-order valence-corrected chi connectivity index (χ4v) is 3.23. The highest BCUT2D eigenvalue weighted by Crippen LogP contribution is 2.26. The molecule has 1 saturated heterocycles. The summed E-state index contributed by atoms with van der Waals surface area (Å²) in [4.78, 5) is 28.8. The number of anilines is 2. The summed E-state index contributed by atoms with van der Waals surface area (Å²) >= 11 is 5.23. The van der Waals surface area contributed by atoms with Gasteiger partial charge in [0.15, 0.2) is 11.0 Å². The van der Waals surface area contributed by atoms with Crippen molar-refractivity contribution in [1.29, 1.82) is 0 Å². The largest absolute Gasteiger partial charge is 0.441 e. The van der Waals surface area contributed by atoms with Gasteiger partial charge in [-0.3, -0.25) is 19.8 Å². The van der Waals surface area contributed by atoms with Crippen LogP contribution in [0.5, 0.6) is 0 Å². The van der Waals surface area contributed by atoms with Crippen molar-refractivity contribution in [3.05, 3.63) is 53.3 Å². The van der Waals surface area contributed by atoms with E-state index in [9.17, 15) is 9.59 Å². The first-order chi connectivity index (χ1) is 13.0. The summed E-state index contributed by atoms with van der Waals surface area (Å²) in [5, 5.41) is 2.65. The van der Waals surface area contributed by atoms with E-state index in [2.05, 4.69) is 5.32 Å². The molecule has 1 aliphatic heterocycles. The normalized spacial score (nSPS) is 16.0. The number of carbonyl (C=O) groups is 2. The molecule has 0 bridgehead atoms. The van der Waals surface area contributed by atoms with Gasteiger partial charge in [-0.25, -0.2) is 0 Å². The summed E-state index contributed by atoms with van der Waals surface area (Å²) < 4.78 is 5.78. The molecule has 0 saturated carbocycles. The molecular formula is C20H21N3O3S. The highest BCUT2D eigenvalue weighted by molar-refractivity contribution is 7.80. The first-order valence-corrected chi connectivity index (χ1v) is 9.19. The van der Waals surface area contributed by atoms with Gasteiger partial charge < -0.3 is 9.32 Å². The molecule has 2 heterocycles. The number of rotatable bonds is 5. The predicted octanol–water partition coefficient (Wildman–Crippen LogP) is 3.27. The highest BCUT2D eigenvalue weighted by atomic mass is 32.1. The number of furan rings is 1. The number of amides is 2. The lowest BCUT2D eigenvalue weighted by molar-refractivity contribution is -0.122. The van der Waals surface area contributed by atoms with Gasteiger partial charge in [-0.05, 0) is 56.8 Å². The molecule has 7 heteroatoms. The third-order valence-electron chi connectivity index (χ3n) is 4.43. The zero-order chi connectivity index (χ0) is 19.6. The Bertz CT molecular complexity index is 928. The summed E-state index contributed by atoms with van der Waals surface area (Å²) in [6, 6.07) is 10.9. The van der Waals surface area contributed by atoms with Gasteiger partial charge in [0, 0.05) is 19.2 Å². The maximum Gasteiger partial charge on any atom is 0.270 e. The van der Waals surface area contributed by atoms with E-state index in [1.807, 2.05) is 49.9 Å². The number of nitrogens with one attached hydrogen (secondary N) is 1. The lowest BCUT2D eigenvalue weighted by Crippen LogP contribution is -2.54. The number of carbonyl (C=O) groups excluding carboxylic acids is 2. The Labute approximate surface area is 163 Å². The molecular weight excluding hydrogens is 362 g/mol. The van der Waals surface area contributed by atoms with Crippen LogP contribution >= 0.6 is 12.2 Å². The zero-order valence-corrected chi connectivity index (χ0v) is 16.3. The van der Waals surface area contributed by atoms with E-state index in [0.29, 0.717) is 17.3 Å². The quantitative estimate of drug-likeness (QED) is 0.488. The van der Waals surface area contributed by atoms with Gasteiger partial charge >= 0.3 is 0 Å².